The summed E-state index contributed by atoms with van der Waals surface area (Å²) in [5.74, 6) is -1.20. The molecule has 1 aromatic carbocycles. The van der Waals surface area contributed by atoms with Gasteiger partial charge in [-0.1, -0.05) is 0 Å². The van der Waals surface area contributed by atoms with Crippen LogP contribution in [0.3, 0.4) is 0 Å². The van der Waals surface area contributed by atoms with Gasteiger partial charge in [0.1, 0.15) is 5.82 Å². The molecule has 7 heteroatoms. The zero-order chi connectivity index (χ0) is 17.4. The average molecular weight is 325 g/mol. The normalized spacial score (nSPS) is 10.8. The van der Waals surface area contributed by atoms with Gasteiger partial charge >= 0.3 is 0 Å². The molecule has 0 spiro atoms. The number of benzene rings is 1. The molecule has 24 heavy (non-hydrogen) atoms. The average Bonchev–Trinajstić information content (AvgIpc) is 2.87. The highest BCUT2D eigenvalue weighted by Gasteiger charge is 2.15. The van der Waals surface area contributed by atoms with Crippen LogP contribution in [0, 0.1) is 25.1 Å². The van der Waals surface area contributed by atoms with Crippen LogP contribution in [0.15, 0.2) is 36.7 Å². The molecule has 2 heterocycles. The molecule has 0 aliphatic rings. The third-order valence-corrected chi connectivity index (χ3v) is 3.67. The number of nitrogens with two attached hydrogens (primary N) is 1. The molecule has 0 fully saturated rings. The van der Waals surface area contributed by atoms with Gasteiger partial charge in [0.05, 0.1) is 16.8 Å². The van der Waals surface area contributed by atoms with Crippen LogP contribution in [0.25, 0.3) is 16.6 Å². The summed E-state index contributed by atoms with van der Waals surface area (Å²) in [6, 6.07) is 6.29. The summed E-state index contributed by atoms with van der Waals surface area (Å²) in [6.45, 7) is 3.62. The largest absolute Gasteiger partial charge is 0.370 e. The first-order chi connectivity index (χ1) is 11.3. The second-order valence-corrected chi connectivity index (χ2v) is 5.57. The fourth-order valence-electron chi connectivity index (χ4n) is 2.65. The Hall–Kier alpha value is -3.22. The molecule has 0 atom stereocenters. The molecular weight excluding hydrogens is 309 g/mol. The maximum absolute atomic E-state index is 13.5. The van der Waals surface area contributed by atoms with Crippen molar-refractivity contribution in [2.45, 2.75) is 13.8 Å². The topological polar surface area (TPSA) is 96.8 Å². The first-order valence-corrected chi connectivity index (χ1v) is 7.26. The van der Waals surface area contributed by atoms with Gasteiger partial charge in [-0.2, -0.15) is 0 Å². The number of rotatable bonds is 2. The molecule has 0 saturated carbocycles. The zero-order valence-corrected chi connectivity index (χ0v) is 13.2. The Bertz CT molecular complexity index is 971. The molecule has 0 bridgehead atoms. The third kappa shape index (κ3) is 2.83. The smallest absolute Gasteiger partial charge is 0.259 e. The molecule has 6 nitrogen and oxygen atoms in total. The van der Waals surface area contributed by atoms with Crippen LogP contribution >= 0.6 is 0 Å². The van der Waals surface area contributed by atoms with Crippen molar-refractivity contribution in [3.05, 3.63) is 59.3 Å². The van der Waals surface area contributed by atoms with E-state index < -0.39 is 11.9 Å². The number of carbonyl (C=O) groups is 1. The standard InChI is InChI=1S/C17H16FN5O/c1-9-7-23(8-13(9)16(24)22-17(19)20)15-5-10(2)21-14-6-11(18)3-4-12(14)15/h3-8H,1-2H3,(H4,19,20,22,24). The number of nitrogens with one attached hydrogen (secondary N) is 2. The number of hydrogen-bond donors (Lipinski definition) is 3. The number of fused-ring (bicyclic) bond motifs is 1. The maximum Gasteiger partial charge on any atom is 0.259 e. The first kappa shape index (κ1) is 15.7. The molecule has 0 saturated heterocycles. The lowest BCUT2D eigenvalue weighted by Gasteiger charge is -2.09. The Kier molecular flexibility index (Phi) is 3.76. The molecule has 2 aromatic heterocycles. The second kappa shape index (κ2) is 5.77. The summed E-state index contributed by atoms with van der Waals surface area (Å²) in [5, 5.41) is 10.2. The molecule has 0 radical (unpaired) electrons. The minimum absolute atomic E-state index is 0.350. The van der Waals surface area contributed by atoms with E-state index in [1.165, 1.54) is 12.1 Å². The lowest BCUT2D eigenvalue weighted by atomic mass is 10.1. The van der Waals surface area contributed by atoms with Crippen molar-refractivity contribution in [1.29, 1.82) is 5.41 Å². The summed E-state index contributed by atoms with van der Waals surface area (Å²) >= 11 is 0. The fraction of sp³-hybridized carbons (Fsp3) is 0.118. The van der Waals surface area contributed by atoms with E-state index in [9.17, 15) is 9.18 Å². The Balaban J connectivity index is 2.15. The molecule has 3 aromatic rings. The summed E-state index contributed by atoms with van der Waals surface area (Å²) in [5.41, 5.74) is 8.44. The summed E-state index contributed by atoms with van der Waals surface area (Å²) in [7, 11) is 0. The van der Waals surface area contributed by atoms with E-state index in [0.717, 1.165) is 22.3 Å². The van der Waals surface area contributed by atoms with Gasteiger partial charge in [0.2, 0.25) is 0 Å². The lowest BCUT2D eigenvalue weighted by Crippen LogP contribution is -2.35. The van der Waals surface area contributed by atoms with E-state index in [-0.39, 0.29) is 5.82 Å². The number of amides is 1. The van der Waals surface area contributed by atoms with Crippen molar-refractivity contribution < 1.29 is 9.18 Å². The van der Waals surface area contributed by atoms with Gasteiger partial charge in [-0.15, -0.1) is 0 Å². The van der Waals surface area contributed by atoms with E-state index >= 15 is 0 Å². The highest BCUT2D eigenvalue weighted by atomic mass is 19.1. The molecule has 3 rings (SSSR count). The van der Waals surface area contributed by atoms with Gasteiger partial charge in [0, 0.05) is 29.5 Å². The molecule has 4 N–H and O–H groups in total. The van der Waals surface area contributed by atoms with E-state index in [2.05, 4.69) is 10.3 Å². The number of hydrogen-bond acceptors (Lipinski definition) is 3. The maximum atomic E-state index is 13.5. The molecule has 122 valence electrons. The van der Waals surface area contributed by atoms with Crippen LogP contribution in [0.4, 0.5) is 4.39 Å². The van der Waals surface area contributed by atoms with Crippen LogP contribution < -0.4 is 11.1 Å². The predicted octanol–water partition coefficient (Wildman–Crippen LogP) is 2.40. The lowest BCUT2D eigenvalue weighted by molar-refractivity contribution is 0.0976. The minimum atomic E-state index is -0.445. The Morgan fingerprint density at radius 3 is 2.75 bits per heavy atom. The predicted molar refractivity (Wildman–Crippen MR) is 89.9 cm³/mol. The molecule has 0 unspecified atom stereocenters. The van der Waals surface area contributed by atoms with Crippen molar-refractivity contribution >= 4 is 22.8 Å². The van der Waals surface area contributed by atoms with Crippen LogP contribution in [0.1, 0.15) is 21.6 Å². The van der Waals surface area contributed by atoms with Crippen LogP contribution in [-0.4, -0.2) is 21.4 Å². The number of aryl methyl sites for hydroxylation is 2. The molecular formula is C17H16FN5O. The first-order valence-electron chi connectivity index (χ1n) is 7.26. The van der Waals surface area contributed by atoms with Gasteiger partial charge in [0.25, 0.3) is 5.91 Å². The van der Waals surface area contributed by atoms with Crippen molar-refractivity contribution in [2.75, 3.05) is 0 Å². The van der Waals surface area contributed by atoms with E-state index in [4.69, 9.17) is 11.1 Å². The van der Waals surface area contributed by atoms with Crippen molar-refractivity contribution in [1.82, 2.24) is 14.9 Å². The van der Waals surface area contributed by atoms with Gasteiger partial charge in [-0.05, 0) is 37.6 Å². The number of pyridine rings is 1. The van der Waals surface area contributed by atoms with Crippen LogP contribution in [0.2, 0.25) is 0 Å². The second-order valence-electron chi connectivity index (χ2n) is 5.57. The summed E-state index contributed by atoms with van der Waals surface area (Å²) in [6.07, 6.45) is 3.46. The minimum Gasteiger partial charge on any atom is -0.370 e. The quantitative estimate of drug-likeness (QED) is 0.498. The van der Waals surface area contributed by atoms with Gasteiger partial charge in [0.15, 0.2) is 5.96 Å². The number of guanidine groups is 1. The molecule has 0 aliphatic heterocycles. The van der Waals surface area contributed by atoms with Gasteiger partial charge < -0.3 is 10.3 Å². The van der Waals surface area contributed by atoms with E-state index in [0.29, 0.717) is 11.1 Å². The third-order valence-electron chi connectivity index (χ3n) is 3.67. The van der Waals surface area contributed by atoms with Crippen molar-refractivity contribution in [3.8, 4) is 5.69 Å². The Morgan fingerprint density at radius 1 is 1.29 bits per heavy atom. The molecule has 1 amide bonds. The van der Waals surface area contributed by atoms with Crippen LogP contribution in [-0.2, 0) is 0 Å². The van der Waals surface area contributed by atoms with Crippen molar-refractivity contribution in [3.63, 3.8) is 0 Å². The SMILES string of the molecule is Cc1cc(-n2cc(C)c(C(=O)NC(=N)N)c2)c2ccc(F)cc2n1. The Morgan fingerprint density at radius 2 is 2.04 bits per heavy atom. The van der Waals surface area contributed by atoms with E-state index in [1.54, 1.807) is 30.0 Å². The van der Waals surface area contributed by atoms with Gasteiger partial charge in [-0.3, -0.25) is 20.5 Å². The number of nitrogens with zero attached hydrogens (tertiary/aromatic N) is 2. The number of aromatic nitrogens is 2. The zero-order valence-electron chi connectivity index (χ0n) is 13.2. The van der Waals surface area contributed by atoms with Crippen molar-refractivity contribution in [2.24, 2.45) is 5.73 Å². The highest BCUT2D eigenvalue weighted by Crippen LogP contribution is 2.25. The fourth-order valence-corrected chi connectivity index (χ4v) is 2.65. The monoisotopic (exact) mass is 325 g/mol. The summed E-state index contributed by atoms with van der Waals surface area (Å²) < 4.78 is 15.3. The molecule has 0 aliphatic carbocycles. The number of halogens is 1. The van der Waals surface area contributed by atoms with E-state index in [1.807, 2.05) is 13.0 Å². The highest BCUT2D eigenvalue weighted by molar-refractivity contribution is 6.05. The summed E-state index contributed by atoms with van der Waals surface area (Å²) in [4.78, 5) is 16.4. The Labute approximate surface area is 137 Å². The van der Waals surface area contributed by atoms with Crippen LogP contribution in [0.5, 0.6) is 0 Å². The van der Waals surface area contributed by atoms with Gasteiger partial charge in [-0.25, -0.2) is 4.39 Å². The number of carbonyl (C=O) groups excluding carboxylic acids is 1.